The number of hydrogen-bond acceptors (Lipinski definition) is 1. The van der Waals surface area contributed by atoms with E-state index < -0.39 is 12.0 Å². The topological polar surface area (TPSA) is 12.0 Å². The number of hydrogen-bond donors (Lipinski definition) is 1. The van der Waals surface area contributed by atoms with Gasteiger partial charge in [-0.05, 0) is 25.3 Å². The minimum atomic E-state index is -2.54. The predicted octanol–water partition coefficient (Wildman–Crippen LogP) is 2.91. The van der Waals surface area contributed by atoms with E-state index in [1.54, 1.807) is 0 Å². The second-order valence-electron chi connectivity index (χ2n) is 3.54. The summed E-state index contributed by atoms with van der Waals surface area (Å²) in [5.74, 6) is -2.54. The van der Waals surface area contributed by atoms with Gasteiger partial charge < -0.3 is 5.32 Å². The molecular formula is C9H14ClF2N. The van der Waals surface area contributed by atoms with Gasteiger partial charge in [0.2, 0.25) is 0 Å². The molecule has 1 fully saturated rings. The van der Waals surface area contributed by atoms with Crippen molar-refractivity contribution >= 4 is 11.6 Å². The average Bonchev–Trinajstić information content (AvgIpc) is 2.41. The van der Waals surface area contributed by atoms with Gasteiger partial charge in [-0.15, -0.1) is 0 Å². The zero-order chi connectivity index (χ0) is 9.90. The van der Waals surface area contributed by atoms with Gasteiger partial charge in [-0.2, -0.15) is 0 Å². The fraction of sp³-hybridized carbons (Fsp3) is 0.778. The Bertz CT molecular complexity index is 204. The van der Waals surface area contributed by atoms with Crippen LogP contribution in [0.4, 0.5) is 8.78 Å². The summed E-state index contributed by atoms with van der Waals surface area (Å²) >= 11 is 5.42. The quantitative estimate of drug-likeness (QED) is 0.754. The van der Waals surface area contributed by atoms with Crippen LogP contribution in [0, 0.1) is 0 Å². The van der Waals surface area contributed by atoms with Gasteiger partial charge in [-0.25, -0.2) is 8.78 Å². The molecule has 0 bridgehead atoms. The molecule has 1 atom stereocenters. The normalized spacial score (nSPS) is 28.0. The SMILES string of the molecule is C/C(=C\Cl)CNC1CCCC1(F)F. The van der Waals surface area contributed by atoms with Gasteiger partial charge in [0.25, 0.3) is 5.92 Å². The Kier molecular flexibility index (Phi) is 3.68. The molecule has 1 aliphatic carbocycles. The van der Waals surface area contributed by atoms with E-state index >= 15 is 0 Å². The molecule has 13 heavy (non-hydrogen) atoms. The molecule has 0 aromatic heterocycles. The molecule has 1 nitrogen and oxygen atoms in total. The van der Waals surface area contributed by atoms with Crippen molar-refractivity contribution in [3.63, 3.8) is 0 Å². The minimum absolute atomic E-state index is 0.00824. The summed E-state index contributed by atoms with van der Waals surface area (Å²) in [6.45, 7) is 2.26. The third-order valence-corrected chi connectivity index (χ3v) is 2.70. The van der Waals surface area contributed by atoms with Crippen LogP contribution in [0.15, 0.2) is 11.1 Å². The van der Waals surface area contributed by atoms with Crippen molar-refractivity contribution in [2.75, 3.05) is 6.54 Å². The number of halogens is 3. The highest BCUT2D eigenvalue weighted by atomic mass is 35.5. The van der Waals surface area contributed by atoms with Crippen molar-refractivity contribution in [3.8, 4) is 0 Å². The molecule has 0 aliphatic heterocycles. The lowest BCUT2D eigenvalue weighted by atomic mass is 10.2. The maximum Gasteiger partial charge on any atom is 0.263 e. The van der Waals surface area contributed by atoms with E-state index in [0.29, 0.717) is 19.4 Å². The molecule has 1 rings (SSSR count). The van der Waals surface area contributed by atoms with E-state index in [1.165, 1.54) is 5.54 Å². The molecule has 0 heterocycles. The Morgan fingerprint density at radius 1 is 1.69 bits per heavy atom. The van der Waals surface area contributed by atoms with Crippen LogP contribution in [0.1, 0.15) is 26.2 Å². The molecule has 1 N–H and O–H groups in total. The van der Waals surface area contributed by atoms with E-state index in [4.69, 9.17) is 11.6 Å². The van der Waals surface area contributed by atoms with E-state index in [0.717, 1.165) is 5.57 Å². The van der Waals surface area contributed by atoms with Gasteiger partial charge >= 0.3 is 0 Å². The lowest BCUT2D eigenvalue weighted by Gasteiger charge is -2.20. The fourth-order valence-corrected chi connectivity index (χ4v) is 1.58. The smallest absolute Gasteiger partial charge is 0.263 e. The van der Waals surface area contributed by atoms with Crippen molar-refractivity contribution in [3.05, 3.63) is 11.1 Å². The van der Waals surface area contributed by atoms with Gasteiger partial charge in [0.1, 0.15) is 0 Å². The number of nitrogens with one attached hydrogen (secondary N) is 1. The highest BCUT2D eigenvalue weighted by Gasteiger charge is 2.43. The van der Waals surface area contributed by atoms with E-state index in [9.17, 15) is 8.78 Å². The Hall–Kier alpha value is -0.150. The van der Waals surface area contributed by atoms with Gasteiger partial charge in [-0.1, -0.05) is 11.6 Å². The maximum atomic E-state index is 13.0. The van der Waals surface area contributed by atoms with Crippen LogP contribution in [0.5, 0.6) is 0 Å². The summed E-state index contributed by atoms with van der Waals surface area (Å²) in [6, 6.07) is -0.668. The molecule has 4 heteroatoms. The van der Waals surface area contributed by atoms with Gasteiger partial charge in [0.15, 0.2) is 0 Å². The molecule has 0 amide bonds. The lowest BCUT2D eigenvalue weighted by Crippen LogP contribution is -2.41. The Balaban J connectivity index is 2.37. The highest BCUT2D eigenvalue weighted by molar-refractivity contribution is 6.25. The van der Waals surface area contributed by atoms with E-state index in [-0.39, 0.29) is 6.42 Å². The molecule has 0 radical (unpaired) electrons. The third-order valence-electron chi connectivity index (χ3n) is 2.33. The summed E-state index contributed by atoms with van der Waals surface area (Å²) in [5.41, 5.74) is 2.30. The van der Waals surface area contributed by atoms with Gasteiger partial charge in [-0.3, -0.25) is 0 Å². The first-order valence-electron chi connectivity index (χ1n) is 4.43. The van der Waals surface area contributed by atoms with E-state index in [2.05, 4.69) is 5.32 Å². The van der Waals surface area contributed by atoms with E-state index in [1.807, 2.05) is 6.92 Å². The summed E-state index contributed by atoms with van der Waals surface area (Å²) in [4.78, 5) is 0. The molecule has 0 spiro atoms. The minimum Gasteiger partial charge on any atom is -0.305 e. The van der Waals surface area contributed by atoms with Crippen molar-refractivity contribution in [1.82, 2.24) is 5.32 Å². The molecule has 0 aromatic rings. The highest BCUT2D eigenvalue weighted by Crippen LogP contribution is 2.34. The van der Waals surface area contributed by atoms with Crippen molar-refractivity contribution < 1.29 is 8.78 Å². The van der Waals surface area contributed by atoms with Gasteiger partial charge in [0.05, 0.1) is 6.04 Å². The Morgan fingerprint density at radius 2 is 2.38 bits per heavy atom. The molecule has 0 aromatic carbocycles. The lowest BCUT2D eigenvalue weighted by molar-refractivity contribution is -0.0169. The van der Waals surface area contributed by atoms with Crippen LogP contribution in [0.2, 0.25) is 0 Å². The van der Waals surface area contributed by atoms with Crippen molar-refractivity contribution in [2.24, 2.45) is 0 Å². The number of rotatable bonds is 3. The first-order valence-corrected chi connectivity index (χ1v) is 4.87. The largest absolute Gasteiger partial charge is 0.305 e. The first kappa shape index (κ1) is 10.9. The van der Waals surface area contributed by atoms with Crippen LogP contribution >= 0.6 is 11.6 Å². The molecular weight excluding hydrogens is 196 g/mol. The molecule has 1 aliphatic rings. The molecule has 1 saturated carbocycles. The fourth-order valence-electron chi connectivity index (χ4n) is 1.50. The monoisotopic (exact) mass is 209 g/mol. The number of alkyl halides is 2. The average molecular weight is 210 g/mol. The van der Waals surface area contributed by atoms with Crippen LogP contribution in [0.3, 0.4) is 0 Å². The summed E-state index contributed by atoms with van der Waals surface area (Å²) in [7, 11) is 0. The second-order valence-corrected chi connectivity index (χ2v) is 3.76. The van der Waals surface area contributed by atoms with Crippen LogP contribution in [-0.4, -0.2) is 18.5 Å². The Labute approximate surface area is 82.1 Å². The molecule has 0 saturated heterocycles. The van der Waals surface area contributed by atoms with Crippen molar-refractivity contribution in [1.29, 1.82) is 0 Å². The zero-order valence-electron chi connectivity index (χ0n) is 7.62. The van der Waals surface area contributed by atoms with Crippen molar-refractivity contribution in [2.45, 2.75) is 38.2 Å². The first-order chi connectivity index (χ1) is 6.06. The second kappa shape index (κ2) is 4.38. The predicted molar refractivity (Wildman–Crippen MR) is 50.2 cm³/mol. The summed E-state index contributed by atoms with van der Waals surface area (Å²) in [6.07, 6.45) is 1.17. The molecule has 1 unspecified atom stereocenters. The zero-order valence-corrected chi connectivity index (χ0v) is 8.37. The third kappa shape index (κ3) is 2.92. The van der Waals surface area contributed by atoms with Gasteiger partial charge in [0, 0.05) is 18.5 Å². The summed E-state index contributed by atoms with van der Waals surface area (Å²) < 4.78 is 26.1. The van der Waals surface area contributed by atoms with Crippen LogP contribution < -0.4 is 5.32 Å². The van der Waals surface area contributed by atoms with Crippen LogP contribution in [0.25, 0.3) is 0 Å². The Morgan fingerprint density at radius 3 is 2.85 bits per heavy atom. The summed E-state index contributed by atoms with van der Waals surface area (Å²) in [5, 5.41) is 2.82. The standard InChI is InChI=1S/C9H14ClF2N/c1-7(5-10)6-13-8-3-2-4-9(8,11)12/h5,8,13H,2-4,6H2,1H3/b7-5+. The maximum absolute atomic E-state index is 13.0. The van der Waals surface area contributed by atoms with Crippen LogP contribution in [-0.2, 0) is 0 Å². The molecule has 76 valence electrons.